The Balaban J connectivity index is 1.79. The molecule has 1 aromatic carbocycles. The van der Waals surface area contributed by atoms with E-state index < -0.39 is 0 Å². The van der Waals surface area contributed by atoms with Crippen molar-refractivity contribution >= 4 is 5.91 Å². The molecule has 2 atom stereocenters. The molecule has 1 N–H and O–H groups in total. The zero-order valence-electron chi connectivity index (χ0n) is 15.4. The number of amides is 1. The van der Waals surface area contributed by atoms with Crippen LogP contribution in [0.1, 0.15) is 18.4 Å². The Labute approximate surface area is 146 Å². The minimum Gasteiger partial charge on any atom is -0.497 e. The van der Waals surface area contributed by atoms with Crippen LogP contribution in [0.2, 0.25) is 0 Å². The van der Waals surface area contributed by atoms with Gasteiger partial charge in [0, 0.05) is 25.7 Å². The van der Waals surface area contributed by atoms with Gasteiger partial charge < -0.3 is 19.9 Å². The summed E-state index contributed by atoms with van der Waals surface area (Å²) < 4.78 is 5.16. The molecule has 1 saturated heterocycles. The summed E-state index contributed by atoms with van der Waals surface area (Å²) in [5.41, 5.74) is 1.21. The summed E-state index contributed by atoms with van der Waals surface area (Å²) >= 11 is 0. The molecule has 0 bridgehead atoms. The van der Waals surface area contributed by atoms with Crippen molar-refractivity contribution in [2.75, 3.05) is 47.9 Å². The summed E-state index contributed by atoms with van der Waals surface area (Å²) in [5, 5.41) is 3.11. The van der Waals surface area contributed by atoms with Crippen molar-refractivity contribution in [2.45, 2.75) is 25.3 Å². The molecule has 24 heavy (non-hydrogen) atoms. The molecule has 1 fully saturated rings. The van der Waals surface area contributed by atoms with Crippen molar-refractivity contribution in [1.82, 2.24) is 15.1 Å². The number of carbonyl (C=O) groups excluding carboxylic acids is 1. The van der Waals surface area contributed by atoms with Crippen molar-refractivity contribution in [3.63, 3.8) is 0 Å². The molecule has 1 aliphatic rings. The van der Waals surface area contributed by atoms with E-state index in [1.165, 1.54) is 5.56 Å². The van der Waals surface area contributed by atoms with Gasteiger partial charge in [0.1, 0.15) is 5.75 Å². The maximum atomic E-state index is 12.5. The van der Waals surface area contributed by atoms with E-state index in [1.54, 1.807) is 7.11 Å². The summed E-state index contributed by atoms with van der Waals surface area (Å²) in [4.78, 5) is 17.0. The van der Waals surface area contributed by atoms with Gasteiger partial charge in [-0.2, -0.15) is 0 Å². The van der Waals surface area contributed by atoms with Gasteiger partial charge in [-0.25, -0.2) is 0 Å². The molecule has 0 unspecified atom stereocenters. The second-order valence-corrected chi connectivity index (χ2v) is 7.00. The molecular weight excluding hydrogens is 302 g/mol. The fourth-order valence-corrected chi connectivity index (χ4v) is 3.29. The molecule has 1 amide bonds. The van der Waals surface area contributed by atoms with Gasteiger partial charge in [-0.15, -0.1) is 0 Å². The molecule has 0 radical (unpaired) electrons. The second kappa shape index (κ2) is 9.04. The highest BCUT2D eigenvalue weighted by Crippen LogP contribution is 2.18. The highest BCUT2D eigenvalue weighted by molar-refractivity contribution is 5.78. The summed E-state index contributed by atoms with van der Waals surface area (Å²) in [6.07, 6.45) is 2.88. The van der Waals surface area contributed by atoms with Crippen LogP contribution >= 0.6 is 0 Å². The first kappa shape index (κ1) is 18.7. The van der Waals surface area contributed by atoms with Crippen LogP contribution in [0, 0.1) is 5.92 Å². The lowest BCUT2D eigenvalue weighted by molar-refractivity contribution is -0.125. The fraction of sp³-hybridized carbons (Fsp3) is 0.632. The third kappa shape index (κ3) is 5.49. The smallest absolute Gasteiger partial charge is 0.224 e. The number of nitrogens with zero attached hydrogens (tertiary/aromatic N) is 2. The lowest BCUT2D eigenvalue weighted by atomic mass is 10.0. The highest BCUT2D eigenvalue weighted by atomic mass is 16.5. The number of benzene rings is 1. The summed E-state index contributed by atoms with van der Waals surface area (Å²) in [5.74, 6) is 1.14. The standard InChI is InChI=1S/C19H31N3O2/c1-21(2)17-8-7-16(13-22(3)14-17)19(23)20-12-11-15-5-9-18(24-4)10-6-15/h5-6,9-10,16-17H,7-8,11-14H2,1-4H3,(H,20,23)/t16-,17+/m1/s1. The van der Waals surface area contributed by atoms with Crippen LogP contribution in [0.5, 0.6) is 5.75 Å². The molecule has 2 rings (SSSR count). The number of ether oxygens (including phenoxy) is 1. The Morgan fingerprint density at radius 2 is 1.96 bits per heavy atom. The van der Waals surface area contributed by atoms with E-state index >= 15 is 0 Å². The van der Waals surface area contributed by atoms with Crippen LogP contribution in [0.3, 0.4) is 0 Å². The van der Waals surface area contributed by atoms with Gasteiger partial charge in [0.2, 0.25) is 5.91 Å². The molecular formula is C19H31N3O2. The average Bonchev–Trinajstić information content (AvgIpc) is 2.77. The molecule has 5 heteroatoms. The molecule has 0 aromatic heterocycles. The first-order valence-electron chi connectivity index (χ1n) is 8.75. The highest BCUT2D eigenvalue weighted by Gasteiger charge is 2.27. The first-order chi connectivity index (χ1) is 11.5. The van der Waals surface area contributed by atoms with Crippen molar-refractivity contribution in [3.8, 4) is 5.75 Å². The third-order valence-corrected chi connectivity index (χ3v) is 4.88. The van der Waals surface area contributed by atoms with E-state index in [-0.39, 0.29) is 11.8 Å². The molecule has 0 spiro atoms. The summed E-state index contributed by atoms with van der Waals surface area (Å²) in [7, 11) is 8.01. The van der Waals surface area contributed by atoms with Gasteiger partial charge in [-0.05, 0) is 58.1 Å². The Morgan fingerprint density at radius 1 is 1.25 bits per heavy atom. The van der Waals surface area contributed by atoms with Gasteiger partial charge in [-0.3, -0.25) is 4.79 Å². The quantitative estimate of drug-likeness (QED) is 0.859. The average molecular weight is 333 g/mol. The monoisotopic (exact) mass is 333 g/mol. The first-order valence-corrected chi connectivity index (χ1v) is 8.75. The van der Waals surface area contributed by atoms with E-state index in [9.17, 15) is 4.79 Å². The van der Waals surface area contributed by atoms with Gasteiger partial charge in [-0.1, -0.05) is 12.1 Å². The Morgan fingerprint density at radius 3 is 2.58 bits per heavy atom. The number of carbonyl (C=O) groups is 1. The van der Waals surface area contributed by atoms with Crippen LogP contribution in [-0.4, -0.2) is 69.6 Å². The van der Waals surface area contributed by atoms with E-state index in [4.69, 9.17) is 4.74 Å². The molecule has 1 aliphatic heterocycles. The maximum absolute atomic E-state index is 12.5. The number of hydrogen-bond acceptors (Lipinski definition) is 4. The topological polar surface area (TPSA) is 44.8 Å². The van der Waals surface area contributed by atoms with Crippen LogP contribution in [0.15, 0.2) is 24.3 Å². The number of likely N-dealkylation sites (tertiary alicyclic amines) is 1. The Bertz CT molecular complexity index is 516. The van der Waals surface area contributed by atoms with Crippen molar-refractivity contribution in [2.24, 2.45) is 5.92 Å². The molecule has 1 heterocycles. The van der Waals surface area contributed by atoms with Crippen LogP contribution < -0.4 is 10.1 Å². The number of rotatable bonds is 6. The summed E-state index contributed by atoms with van der Waals surface area (Å²) in [6.45, 7) is 2.56. The van der Waals surface area contributed by atoms with Gasteiger partial charge in [0.05, 0.1) is 13.0 Å². The van der Waals surface area contributed by atoms with Gasteiger partial charge in [0.25, 0.3) is 0 Å². The van der Waals surface area contributed by atoms with E-state index in [1.807, 2.05) is 24.3 Å². The molecule has 0 aliphatic carbocycles. The molecule has 5 nitrogen and oxygen atoms in total. The minimum atomic E-state index is 0.0933. The number of methoxy groups -OCH3 is 1. The van der Waals surface area contributed by atoms with Crippen molar-refractivity contribution in [3.05, 3.63) is 29.8 Å². The number of nitrogens with one attached hydrogen (secondary N) is 1. The van der Waals surface area contributed by atoms with E-state index in [2.05, 4.69) is 36.3 Å². The third-order valence-electron chi connectivity index (χ3n) is 4.88. The predicted octanol–water partition coefficient (Wildman–Crippen LogP) is 1.63. The molecule has 0 saturated carbocycles. The van der Waals surface area contributed by atoms with Crippen LogP contribution in [0.4, 0.5) is 0 Å². The predicted molar refractivity (Wildman–Crippen MR) is 97.4 cm³/mol. The van der Waals surface area contributed by atoms with Crippen molar-refractivity contribution in [1.29, 1.82) is 0 Å². The number of hydrogen-bond donors (Lipinski definition) is 1. The Kier molecular flexibility index (Phi) is 7.06. The van der Waals surface area contributed by atoms with Crippen molar-refractivity contribution < 1.29 is 9.53 Å². The zero-order chi connectivity index (χ0) is 17.5. The van der Waals surface area contributed by atoms with E-state index in [0.717, 1.165) is 38.1 Å². The zero-order valence-corrected chi connectivity index (χ0v) is 15.4. The van der Waals surface area contributed by atoms with Gasteiger partial charge >= 0.3 is 0 Å². The van der Waals surface area contributed by atoms with Crippen LogP contribution in [-0.2, 0) is 11.2 Å². The number of likely N-dealkylation sites (N-methyl/N-ethyl adjacent to an activating group) is 2. The minimum absolute atomic E-state index is 0.0933. The second-order valence-electron chi connectivity index (χ2n) is 7.00. The maximum Gasteiger partial charge on any atom is 0.224 e. The lowest BCUT2D eigenvalue weighted by Crippen LogP contribution is -2.39. The van der Waals surface area contributed by atoms with Crippen LogP contribution in [0.25, 0.3) is 0 Å². The normalized spacial score (nSPS) is 22.2. The largest absolute Gasteiger partial charge is 0.497 e. The lowest BCUT2D eigenvalue weighted by Gasteiger charge is -2.25. The Hall–Kier alpha value is -1.59. The molecule has 1 aromatic rings. The summed E-state index contributed by atoms with van der Waals surface area (Å²) in [6, 6.07) is 8.54. The molecule has 134 valence electrons. The SMILES string of the molecule is COc1ccc(CCNC(=O)[C@@H]2CC[C@H](N(C)C)CN(C)C2)cc1. The van der Waals surface area contributed by atoms with E-state index in [0.29, 0.717) is 12.6 Å². The van der Waals surface area contributed by atoms with Gasteiger partial charge in [0.15, 0.2) is 0 Å². The fourth-order valence-electron chi connectivity index (χ4n) is 3.29.